The summed E-state index contributed by atoms with van der Waals surface area (Å²) in [7, 11) is 5.26. The number of fused-ring (bicyclic) bond motifs is 1. The van der Waals surface area contributed by atoms with Crippen molar-refractivity contribution in [1.29, 1.82) is 0 Å². The smallest absolute Gasteiger partial charge is 0.220 e. The van der Waals surface area contributed by atoms with Crippen molar-refractivity contribution >= 4 is 35.4 Å². The molecule has 0 spiro atoms. The number of hydrogen-bond donors (Lipinski definition) is 3. The van der Waals surface area contributed by atoms with Crippen LogP contribution in [-0.2, 0) is 34.2 Å². The molecule has 1 aromatic carbocycles. The van der Waals surface area contributed by atoms with Crippen molar-refractivity contribution < 1.29 is 19.1 Å². The Kier molecular flexibility index (Phi) is 10.0. The van der Waals surface area contributed by atoms with Gasteiger partial charge in [-0.15, -0.1) is 0 Å². The van der Waals surface area contributed by atoms with Gasteiger partial charge in [-0.25, -0.2) is 0 Å². The van der Waals surface area contributed by atoms with E-state index in [9.17, 15) is 9.59 Å². The van der Waals surface area contributed by atoms with Crippen LogP contribution in [0.3, 0.4) is 0 Å². The summed E-state index contributed by atoms with van der Waals surface area (Å²) in [4.78, 5) is 28.5. The molecule has 0 aliphatic carbocycles. The molecule has 0 bridgehead atoms. The van der Waals surface area contributed by atoms with Gasteiger partial charge in [0, 0.05) is 68.4 Å². The second-order valence-corrected chi connectivity index (χ2v) is 10.6. The summed E-state index contributed by atoms with van der Waals surface area (Å²) < 4.78 is 12.6. The molecular weight excluding hydrogens is 492 g/mol. The van der Waals surface area contributed by atoms with Gasteiger partial charge in [0.2, 0.25) is 11.8 Å². The topological polar surface area (TPSA) is 97.4 Å². The quantitative estimate of drug-likeness (QED) is 0.294. The first-order valence-corrected chi connectivity index (χ1v) is 13.3. The van der Waals surface area contributed by atoms with Gasteiger partial charge in [-0.2, -0.15) is 0 Å². The zero-order valence-corrected chi connectivity index (χ0v) is 24.1. The monoisotopic (exact) mass is 534 g/mol. The first kappa shape index (κ1) is 29.6. The number of H-pyrrole nitrogens is 1. The summed E-state index contributed by atoms with van der Waals surface area (Å²) in [6, 6.07) is 5.92. The molecule has 8 heteroatoms. The minimum Gasteiger partial charge on any atom is -0.497 e. The zero-order valence-electron chi connectivity index (χ0n) is 24.1. The minimum atomic E-state index is -0.457. The van der Waals surface area contributed by atoms with Crippen LogP contribution >= 0.6 is 0 Å². The van der Waals surface area contributed by atoms with E-state index in [-0.39, 0.29) is 24.7 Å². The van der Waals surface area contributed by atoms with Gasteiger partial charge >= 0.3 is 0 Å². The van der Waals surface area contributed by atoms with Gasteiger partial charge in [-0.3, -0.25) is 9.59 Å². The largest absolute Gasteiger partial charge is 0.497 e. The molecule has 8 nitrogen and oxygen atoms in total. The molecule has 3 rings (SSSR count). The summed E-state index contributed by atoms with van der Waals surface area (Å²) in [5.41, 5.74) is 2.76. The maximum absolute atomic E-state index is 12.6. The highest BCUT2D eigenvalue weighted by Gasteiger charge is 2.25. The lowest BCUT2D eigenvalue weighted by molar-refractivity contribution is -0.125. The first-order chi connectivity index (χ1) is 18.6. The van der Waals surface area contributed by atoms with Crippen LogP contribution in [0.1, 0.15) is 44.7 Å². The Morgan fingerprint density at radius 1 is 1.08 bits per heavy atom. The molecular formula is C31H42N4O4. The number of carbonyl (C=O) groups is 2. The van der Waals surface area contributed by atoms with Gasteiger partial charge in [-0.05, 0) is 59.7 Å². The SMILES string of the molecule is C=c1c(CCNC(=O)CC(C)(C)CC(=O)NCCc2c[nH]c3cc(OC)ccc23)cn(C)/c1=C/C(=C\C)OC. The minimum absolute atomic E-state index is 0.0550. The molecule has 0 atom stereocenters. The Balaban J connectivity index is 1.44. The Hall–Kier alpha value is -3.94. The highest BCUT2D eigenvalue weighted by atomic mass is 16.5. The van der Waals surface area contributed by atoms with Crippen LogP contribution in [0.5, 0.6) is 5.75 Å². The van der Waals surface area contributed by atoms with E-state index in [1.165, 1.54) is 0 Å². The molecule has 3 N–H and O–H groups in total. The summed E-state index contributed by atoms with van der Waals surface area (Å²) in [5.74, 6) is 1.45. The summed E-state index contributed by atoms with van der Waals surface area (Å²) in [6.45, 7) is 11.1. The number of allylic oxidation sites excluding steroid dienone is 2. The molecule has 3 aromatic rings. The molecule has 2 amide bonds. The number of benzene rings is 1. The number of ether oxygens (including phenoxy) is 2. The highest BCUT2D eigenvalue weighted by molar-refractivity contribution is 5.84. The van der Waals surface area contributed by atoms with E-state index in [4.69, 9.17) is 9.47 Å². The zero-order chi connectivity index (χ0) is 28.6. The van der Waals surface area contributed by atoms with Crippen molar-refractivity contribution in [2.24, 2.45) is 12.5 Å². The molecule has 39 heavy (non-hydrogen) atoms. The van der Waals surface area contributed by atoms with Crippen molar-refractivity contribution in [3.63, 3.8) is 0 Å². The molecule has 0 aliphatic heterocycles. The maximum Gasteiger partial charge on any atom is 0.220 e. The van der Waals surface area contributed by atoms with Crippen molar-refractivity contribution in [2.45, 2.75) is 46.5 Å². The lowest BCUT2D eigenvalue weighted by atomic mass is 9.85. The van der Waals surface area contributed by atoms with Crippen LogP contribution in [0, 0.1) is 5.41 Å². The molecule has 0 aliphatic rings. The predicted octanol–water partition coefficient (Wildman–Crippen LogP) is 3.08. The maximum atomic E-state index is 12.6. The van der Waals surface area contributed by atoms with Crippen LogP contribution < -0.4 is 25.9 Å². The second kappa shape index (κ2) is 13.2. The third kappa shape index (κ3) is 8.02. The number of rotatable bonds is 13. The average Bonchev–Trinajstić information content (AvgIpc) is 3.41. The molecule has 2 heterocycles. The van der Waals surface area contributed by atoms with Crippen LogP contribution in [-0.4, -0.2) is 48.7 Å². The fourth-order valence-electron chi connectivity index (χ4n) is 4.79. The van der Waals surface area contributed by atoms with Gasteiger partial charge < -0.3 is 29.7 Å². The number of hydrogen-bond acceptors (Lipinski definition) is 4. The summed E-state index contributed by atoms with van der Waals surface area (Å²) in [5, 5.41) is 9.02. The van der Waals surface area contributed by atoms with Crippen molar-refractivity contribution in [2.75, 3.05) is 27.3 Å². The highest BCUT2D eigenvalue weighted by Crippen LogP contribution is 2.25. The molecule has 2 aromatic heterocycles. The third-order valence-corrected chi connectivity index (χ3v) is 6.91. The van der Waals surface area contributed by atoms with E-state index in [0.717, 1.165) is 44.1 Å². The number of aromatic nitrogens is 2. The number of aromatic amines is 1. The predicted molar refractivity (Wildman–Crippen MR) is 157 cm³/mol. The third-order valence-electron chi connectivity index (χ3n) is 6.91. The Bertz CT molecular complexity index is 1450. The van der Waals surface area contributed by atoms with E-state index in [0.29, 0.717) is 25.9 Å². The Labute approximate surface area is 230 Å². The van der Waals surface area contributed by atoms with E-state index in [1.807, 2.05) is 75.1 Å². The fourth-order valence-corrected chi connectivity index (χ4v) is 4.79. The number of nitrogens with one attached hydrogen (secondary N) is 3. The number of aryl methyl sites for hydroxylation is 1. The van der Waals surface area contributed by atoms with Crippen molar-refractivity contribution in [3.8, 4) is 5.75 Å². The van der Waals surface area contributed by atoms with Gasteiger partial charge in [0.25, 0.3) is 0 Å². The second-order valence-electron chi connectivity index (χ2n) is 10.6. The molecule has 210 valence electrons. The van der Waals surface area contributed by atoms with Gasteiger partial charge in [0.05, 0.1) is 19.6 Å². The van der Waals surface area contributed by atoms with E-state index < -0.39 is 5.41 Å². The first-order valence-electron chi connectivity index (χ1n) is 13.3. The Morgan fingerprint density at radius 3 is 2.31 bits per heavy atom. The molecule has 0 saturated heterocycles. The Morgan fingerprint density at radius 2 is 1.72 bits per heavy atom. The van der Waals surface area contributed by atoms with Crippen LogP contribution in [0.25, 0.3) is 23.6 Å². The van der Waals surface area contributed by atoms with E-state index in [2.05, 4.69) is 22.2 Å². The number of nitrogens with zero attached hydrogens (tertiary/aromatic N) is 1. The summed E-state index contributed by atoms with van der Waals surface area (Å²) in [6.07, 6.45) is 9.79. The number of methoxy groups -OCH3 is 2. The number of amides is 2. The van der Waals surface area contributed by atoms with Gasteiger partial charge in [0.1, 0.15) is 11.5 Å². The van der Waals surface area contributed by atoms with Crippen LogP contribution in [0.4, 0.5) is 0 Å². The molecule has 0 unspecified atom stereocenters. The van der Waals surface area contributed by atoms with Gasteiger partial charge in [0.15, 0.2) is 0 Å². The lowest BCUT2D eigenvalue weighted by Gasteiger charge is -2.23. The molecule has 0 radical (unpaired) electrons. The van der Waals surface area contributed by atoms with E-state index in [1.54, 1.807) is 14.2 Å². The van der Waals surface area contributed by atoms with E-state index >= 15 is 0 Å². The van der Waals surface area contributed by atoms with Crippen LogP contribution in [0.15, 0.2) is 42.4 Å². The van der Waals surface area contributed by atoms with Gasteiger partial charge in [-0.1, -0.05) is 20.4 Å². The van der Waals surface area contributed by atoms with Crippen molar-refractivity contribution in [3.05, 3.63) is 64.1 Å². The number of carbonyl (C=O) groups excluding carboxylic acids is 2. The normalized spacial score (nSPS) is 12.6. The molecule has 0 fully saturated rings. The molecule has 0 saturated carbocycles. The van der Waals surface area contributed by atoms with Crippen molar-refractivity contribution in [1.82, 2.24) is 20.2 Å². The lowest BCUT2D eigenvalue weighted by Crippen LogP contribution is -2.35. The average molecular weight is 535 g/mol. The standard InChI is InChI=1S/C31H42N4O4/c1-8-24(38-6)16-28-21(2)23(20-35(28)5)12-14-33-30(37)18-31(3,4)17-29(36)32-13-11-22-19-34-27-15-25(39-7)9-10-26(22)27/h8-10,15-16,19-20,34H,2,11-14,17-18H2,1,3-7H3,(H,32,36)(H,33,37)/b24-8+,28-16+. The van der Waals surface area contributed by atoms with Crippen LogP contribution in [0.2, 0.25) is 0 Å². The summed E-state index contributed by atoms with van der Waals surface area (Å²) >= 11 is 0. The fraction of sp³-hybridized carbons (Fsp3) is 0.419.